The lowest BCUT2D eigenvalue weighted by Gasteiger charge is -2.02. The topological polar surface area (TPSA) is 32.4 Å². The van der Waals surface area contributed by atoms with Crippen molar-refractivity contribution in [2.75, 3.05) is 6.54 Å². The van der Waals surface area contributed by atoms with E-state index in [-0.39, 0.29) is 0 Å². The first kappa shape index (κ1) is 13.2. The van der Waals surface area contributed by atoms with Gasteiger partial charge in [-0.25, -0.2) is 0 Å². The van der Waals surface area contributed by atoms with Crippen LogP contribution in [0.5, 0.6) is 0 Å². The van der Waals surface area contributed by atoms with Crippen molar-refractivity contribution < 1.29 is 5.32 Å². The van der Waals surface area contributed by atoms with Crippen LogP contribution in [0.4, 0.5) is 0 Å². The van der Waals surface area contributed by atoms with E-state index >= 15 is 0 Å². The van der Waals surface area contributed by atoms with E-state index in [0.717, 1.165) is 24.5 Å². The highest BCUT2D eigenvalue weighted by Gasteiger charge is 2.03. The number of H-pyrrole nitrogens is 1. The number of hydrogen-bond donors (Lipinski definition) is 2. The number of fused-ring (bicyclic) bond motifs is 1. The molecule has 0 aliphatic carbocycles. The Hall–Kier alpha value is -1.77. The maximum absolute atomic E-state index is 5.99. The van der Waals surface area contributed by atoms with Crippen LogP contribution in [0, 0.1) is 0 Å². The Morgan fingerprint density at radius 3 is 2.85 bits per heavy atom. The summed E-state index contributed by atoms with van der Waals surface area (Å²) < 4.78 is 0. The zero-order valence-corrected chi connectivity index (χ0v) is 12.0. The predicted molar refractivity (Wildman–Crippen MR) is 84.0 cm³/mol. The smallest absolute Gasteiger partial charge is 0.101 e. The van der Waals surface area contributed by atoms with E-state index in [9.17, 15) is 0 Å². The fourth-order valence-corrected chi connectivity index (χ4v) is 2.74. The maximum Gasteiger partial charge on any atom is 0.101 e. The highest BCUT2D eigenvalue weighted by atomic mass is 35.5. The molecular formula is C17H18ClN2+. The summed E-state index contributed by atoms with van der Waals surface area (Å²) in [6.45, 7) is 2.05. The summed E-state index contributed by atoms with van der Waals surface area (Å²) in [5, 5.41) is 4.48. The molecule has 0 aliphatic heterocycles. The van der Waals surface area contributed by atoms with Crippen molar-refractivity contribution in [3.8, 4) is 0 Å². The standard InChI is InChI=1S/C17H17ClN2/c18-15-5-3-4-13(10-15)11-19-9-8-14-12-20-17-7-2-1-6-16(14)17/h1-7,10,12,19-20H,8-9,11H2/p+1. The predicted octanol–water partition coefficient (Wildman–Crippen LogP) is 3.13. The lowest BCUT2D eigenvalue weighted by molar-refractivity contribution is -0.670. The highest BCUT2D eigenvalue weighted by Crippen LogP contribution is 2.17. The van der Waals surface area contributed by atoms with Crippen LogP contribution in [-0.4, -0.2) is 11.5 Å². The molecule has 0 amide bonds. The van der Waals surface area contributed by atoms with Crippen LogP contribution in [0.3, 0.4) is 0 Å². The number of hydrogen-bond acceptors (Lipinski definition) is 0. The normalized spacial score (nSPS) is 11.1. The van der Waals surface area contributed by atoms with E-state index in [1.165, 1.54) is 22.0 Å². The molecule has 102 valence electrons. The molecule has 3 rings (SSSR count). The molecule has 1 heterocycles. The van der Waals surface area contributed by atoms with Gasteiger partial charge in [0.05, 0.1) is 6.54 Å². The zero-order valence-electron chi connectivity index (χ0n) is 11.3. The van der Waals surface area contributed by atoms with Crippen LogP contribution in [0.25, 0.3) is 10.9 Å². The average molecular weight is 286 g/mol. The molecule has 0 fully saturated rings. The van der Waals surface area contributed by atoms with Gasteiger partial charge < -0.3 is 10.3 Å². The Morgan fingerprint density at radius 2 is 1.95 bits per heavy atom. The van der Waals surface area contributed by atoms with Crippen molar-refractivity contribution in [2.24, 2.45) is 0 Å². The summed E-state index contributed by atoms with van der Waals surface area (Å²) in [6, 6.07) is 16.5. The molecule has 0 saturated heterocycles. The molecule has 1 aromatic heterocycles. The minimum atomic E-state index is 0.813. The number of para-hydroxylation sites is 1. The Labute approximate surface area is 123 Å². The maximum atomic E-state index is 5.99. The first-order valence-corrected chi connectivity index (χ1v) is 7.32. The SMILES string of the molecule is Clc1cccc(C[NH2+]CCc2c[nH]c3ccccc23)c1. The fraction of sp³-hybridized carbons (Fsp3) is 0.176. The number of rotatable bonds is 5. The van der Waals surface area contributed by atoms with Crippen molar-refractivity contribution in [3.05, 3.63) is 70.9 Å². The third-order valence-corrected chi connectivity index (χ3v) is 3.80. The quantitative estimate of drug-likeness (QED) is 0.675. The van der Waals surface area contributed by atoms with E-state index < -0.39 is 0 Å². The number of nitrogens with two attached hydrogens (primary N) is 1. The van der Waals surface area contributed by atoms with Crippen molar-refractivity contribution in [1.82, 2.24) is 4.98 Å². The summed E-state index contributed by atoms with van der Waals surface area (Å²) in [4.78, 5) is 3.32. The molecule has 0 atom stereocenters. The molecule has 0 unspecified atom stereocenters. The Balaban J connectivity index is 1.55. The van der Waals surface area contributed by atoms with Crippen LogP contribution in [0.2, 0.25) is 5.02 Å². The van der Waals surface area contributed by atoms with Crippen LogP contribution in [0.15, 0.2) is 54.7 Å². The lowest BCUT2D eigenvalue weighted by Crippen LogP contribution is -2.83. The van der Waals surface area contributed by atoms with Gasteiger partial charge in [0, 0.05) is 34.1 Å². The van der Waals surface area contributed by atoms with Gasteiger partial charge in [0.25, 0.3) is 0 Å². The summed E-state index contributed by atoms with van der Waals surface area (Å²) in [5.74, 6) is 0. The molecule has 3 aromatic rings. The van der Waals surface area contributed by atoms with Gasteiger partial charge >= 0.3 is 0 Å². The highest BCUT2D eigenvalue weighted by molar-refractivity contribution is 6.30. The minimum absolute atomic E-state index is 0.813. The van der Waals surface area contributed by atoms with Crippen LogP contribution >= 0.6 is 11.6 Å². The van der Waals surface area contributed by atoms with Gasteiger partial charge in [-0.05, 0) is 23.8 Å². The van der Waals surface area contributed by atoms with Gasteiger partial charge in [-0.3, -0.25) is 0 Å². The molecule has 3 heteroatoms. The second kappa shape index (κ2) is 6.12. The molecule has 0 aliphatic rings. The summed E-state index contributed by atoms with van der Waals surface area (Å²) in [5.41, 5.74) is 3.89. The van der Waals surface area contributed by atoms with Crippen LogP contribution in [0.1, 0.15) is 11.1 Å². The van der Waals surface area contributed by atoms with Gasteiger partial charge in [-0.15, -0.1) is 0 Å². The first-order valence-electron chi connectivity index (χ1n) is 6.94. The Morgan fingerprint density at radius 1 is 1.05 bits per heavy atom. The van der Waals surface area contributed by atoms with Crippen molar-refractivity contribution in [1.29, 1.82) is 0 Å². The Kier molecular flexibility index (Phi) is 4.05. The molecule has 2 aromatic carbocycles. The van der Waals surface area contributed by atoms with Crippen molar-refractivity contribution in [2.45, 2.75) is 13.0 Å². The van der Waals surface area contributed by atoms with Crippen molar-refractivity contribution in [3.63, 3.8) is 0 Å². The minimum Gasteiger partial charge on any atom is -0.361 e. The number of quaternary nitrogens is 1. The average Bonchev–Trinajstić information content (AvgIpc) is 2.87. The first-order chi connectivity index (χ1) is 9.83. The van der Waals surface area contributed by atoms with Crippen LogP contribution < -0.4 is 5.32 Å². The molecule has 0 bridgehead atoms. The molecule has 2 nitrogen and oxygen atoms in total. The summed E-state index contributed by atoms with van der Waals surface area (Å²) >= 11 is 5.99. The van der Waals surface area contributed by atoms with E-state index in [1.807, 2.05) is 18.2 Å². The van der Waals surface area contributed by atoms with Gasteiger partial charge in [-0.2, -0.15) is 0 Å². The van der Waals surface area contributed by atoms with E-state index in [0.29, 0.717) is 0 Å². The van der Waals surface area contributed by atoms with Crippen molar-refractivity contribution >= 4 is 22.5 Å². The van der Waals surface area contributed by atoms with Crippen LogP contribution in [-0.2, 0) is 13.0 Å². The molecule has 0 radical (unpaired) electrons. The van der Waals surface area contributed by atoms with Gasteiger partial charge in [-0.1, -0.05) is 41.9 Å². The largest absolute Gasteiger partial charge is 0.361 e. The third-order valence-electron chi connectivity index (χ3n) is 3.56. The monoisotopic (exact) mass is 285 g/mol. The Bertz CT molecular complexity index is 703. The number of halogens is 1. The summed E-state index contributed by atoms with van der Waals surface area (Å²) in [6.07, 6.45) is 3.20. The van der Waals surface area contributed by atoms with Gasteiger partial charge in [0.2, 0.25) is 0 Å². The second-order valence-corrected chi connectivity index (χ2v) is 5.46. The number of aromatic amines is 1. The molecule has 0 saturated carbocycles. The van der Waals surface area contributed by atoms with E-state index in [1.54, 1.807) is 0 Å². The number of benzene rings is 2. The number of nitrogens with one attached hydrogen (secondary N) is 1. The zero-order chi connectivity index (χ0) is 13.8. The van der Waals surface area contributed by atoms with Gasteiger partial charge in [0.1, 0.15) is 6.54 Å². The van der Waals surface area contributed by atoms with E-state index in [4.69, 9.17) is 11.6 Å². The number of aromatic nitrogens is 1. The lowest BCUT2D eigenvalue weighted by atomic mass is 10.1. The summed E-state index contributed by atoms with van der Waals surface area (Å²) in [7, 11) is 0. The molecule has 3 N–H and O–H groups in total. The third kappa shape index (κ3) is 3.03. The van der Waals surface area contributed by atoms with E-state index in [2.05, 4.69) is 46.8 Å². The molecule has 20 heavy (non-hydrogen) atoms. The molecular weight excluding hydrogens is 268 g/mol. The van der Waals surface area contributed by atoms with Gasteiger partial charge in [0.15, 0.2) is 0 Å². The molecule has 0 spiro atoms. The fourth-order valence-electron chi connectivity index (χ4n) is 2.53. The second-order valence-electron chi connectivity index (χ2n) is 5.02.